The maximum atomic E-state index is 12.5. The molecule has 2 amide bonds. The number of ether oxygens (including phenoxy) is 1. The van der Waals surface area contributed by atoms with E-state index in [4.69, 9.17) is 4.74 Å². The molecule has 0 bridgehead atoms. The van der Waals surface area contributed by atoms with E-state index in [2.05, 4.69) is 15.2 Å². The number of rotatable bonds is 7. The van der Waals surface area contributed by atoms with Gasteiger partial charge in [0.05, 0.1) is 24.6 Å². The summed E-state index contributed by atoms with van der Waals surface area (Å²) in [5.41, 5.74) is 2.49. The molecule has 1 aliphatic heterocycles. The van der Waals surface area contributed by atoms with Crippen molar-refractivity contribution in [3.63, 3.8) is 0 Å². The maximum absolute atomic E-state index is 12.5. The number of hydrogen-bond acceptors (Lipinski definition) is 5. The largest absolute Gasteiger partial charge is 0.496 e. The summed E-state index contributed by atoms with van der Waals surface area (Å²) in [7, 11) is 1.64. The Hall–Kier alpha value is -3.09. The lowest BCUT2D eigenvalue weighted by Crippen LogP contribution is -2.45. The van der Waals surface area contributed by atoms with Gasteiger partial charge in [0.1, 0.15) is 5.75 Å². The van der Waals surface area contributed by atoms with Gasteiger partial charge in [-0.3, -0.25) is 14.6 Å². The molecule has 1 aliphatic rings. The lowest BCUT2D eigenvalue weighted by Gasteiger charge is -2.34. The van der Waals surface area contributed by atoms with Gasteiger partial charge >= 0.3 is 0 Å². The summed E-state index contributed by atoms with van der Waals surface area (Å²) in [6, 6.07) is 9.63. The number of amides is 2. The monoisotopic (exact) mass is 368 g/mol. The number of piperazine rings is 1. The molecule has 1 aromatic carbocycles. The molecule has 1 N–H and O–H groups in total. The number of hydrogen-bond donors (Lipinski definition) is 1. The number of carbonyl (C=O) groups is 2. The van der Waals surface area contributed by atoms with Crippen LogP contribution in [0.5, 0.6) is 5.75 Å². The van der Waals surface area contributed by atoms with Gasteiger partial charge in [-0.15, -0.1) is 0 Å². The third-order valence-corrected chi connectivity index (χ3v) is 4.69. The average molecular weight is 368 g/mol. The summed E-state index contributed by atoms with van der Waals surface area (Å²) in [6.07, 6.45) is 4.89. The molecule has 0 spiro atoms. The van der Waals surface area contributed by atoms with E-state index in [1.165, 1.54) is 0 Å². The van der Waals surface area contributed by atoms with Crippen molar-refractivity contribution in [3.8, 4) is 5.75 Å². The van der Waals surface area contributed by atoms with Gasteiger partial charge in [0.15, 0.2) is 0 Å². The molecule has 3 rings (SSSR count). The van der Waals surface area contributed by atoms with E-state index in [1.54, 1.807) is 24.4 Å². The van der Waals surface area contributed by atoms with Crippen molar-refractivity contribution in [1.82, 2.24) is 15.2 Å². The predicted molar refractivity (Wildman–Crippen MR) is 103 cm³/mol. The minimum Gasteiger partial charge on any atom is -0.496 e. The SMILES string of the molecule is COc1ccccc1CCNC(=O)c1cncc(N2CCN(C=O)CC2)c1. The first-order chi connectivity index (χ1) is 13.2. The molecule has 7 nitrogen and oxygen atoms in total. The molecule has 0 aliphatic carbocycles. The van der Waals surface area contributed by atoms with Gasteiger partial charge in [-0.05, 0) is 24.1 Å². The number of benzene rings is 1. The molecule has 1 fully saturated rings. The molecule has 27 heavy (non-hydrogen) atoms. The minimum absolute atomic E-state index is 0.147. The summed E-state index contributed by atoms with van der Waals surface area (Å²) in [6.45, 7) is 3.34. The van der Waals surface area contributed by atoms with Gasteiger partial charge in [-0.1, -0.05) is 18.2 Å². The lowest BCUT2D eigenvalue weighted by molar-refractivity contribution is -0.118. The normalized spacial score (nSPS) is 14.0. The number of para-hydroxylation sites is 1. The molecule has 1 aromatic heterocycles. The first-order valence-corrected chi connectivity index (χ1v) is 9.00. The zero-order valence-electron chi connectivity index (χ0n) is 15.4. The van der Waals surface area contributed by atoms with Crippen molar-refractivity contribution in [2.24, 2.45) is 0 Å². The van der Waals surface area contributed by atoms with Crippen LogP contribution in [0.15, 0.2) is 42.7 Å². The van der Waals surface area contributed by atoms with Crippen molar-refractivity contribution < 1.29 is 14.3 Å². The molecule has 142 valence electrons. The second kappa shape index (κ2) is 9.02. The Morgan fingerprint density at radius 3 is 2.74 bits per heavy atom. The average Bonchev–Trinajstić information content (AvgIpc) is 2.74. The molecule has 0 unspecified atom stereocenters. The van der Waals surface area contributed by atoms with Crippen molar-refractivity contribution in [2.75, 3.05) is 44.7 Å². The Morgan fingerprint density at radius 2 is 2.00 bits per heavy atom. The minimum atomic E-state index is -0.147. The number of pyridine rings is 1. The van der Waals surface area contributed by atoms with Crippen LogP contribution in [0.25, 0.3) is 0 Å². The lowest BCUT2D eigenvalue weighted by atomic mass is 10.1. The van der Waals surface area contributed by atoms with Gasteiger partial charge in [0.2, 0.25) is 6.41 Å². The second-order valence-corrected chi connectivity index (χ2v) is 6.38. The highest BCUT2D eigenvalue weighted by molar-refractivity contribution is 5.94. The first kappa shape index (κ1) is 18.7. The Morgan fingerprint density at radius 1 is 1.22 bits per heavy atom. The van der Waals surface area contributed by atoms with Gasteiger partial charge in [-0.2, -0.15) is 0 Å². The third-order valence-electron chi connectivity index (χ3n) is 4.69. The molecule has 2 heterocycles. The number of aromatic nitrogens is 1. The van der Waals surface area contributed by atoms with E-state index in [-0.39, 0.29) is 5.91 Å². The van der Waals surface area contributed by atoms with Crippen molar-refractivity contribution in [2.45, 2.75) is 6.42 Å². The molecule has 7 heteroatoms. The number of nitrogens with zero attached hydrogens (tertiary/aromatic N) is 3. The highest BCUT2D eigenvalue weighted by atomic mass is 16.5. The van der Waals surface area contributed by atoms with Crippen LogP contribution in [-0.2, 0) is 11.2 Å². The van der Waals surface area contributed by atoms with Crippen LogP contribution in [0.2, 0.25) is 0 Å². The summed E-state index contributed by atoms with van der Waals surface area (Å²) in [4.78, 5) is 31.4. The van der Waals surface area contributed by atoms with Gasteiger partial charge in [0.25, 0.3) is 5.91 Å². The van der Waals surface area contributed by atoms with Gasteiger partial charge in [-0.25, -0.2) is 0 Å². The Kier molecular flexibility index (Phi) is 6.25. The van der Waals surface area contributed by atoms with Crippen molar-refractivity contribution >= 4 is 18.0 Å². The third kappa shape index (κ3) is 4.75. The van der Waals surface area contributed by atoms with Crippen molar-refractivity contribution in [3.05, 3.63) is 53.9 Å². The Labute approximate surface area is 158 Å². The molecule has 0 radical (unpaired) electrons. The van der Waals surface area contributed by atoms with Crippen LogP contribution >= 0.6 is 0 Å². The van der Waals surface area contributed by atoms with E-state index in [1.807, 2.05) is 30.3 Å². The zero-order chi connectivity index (χ0) is 19.1. The highest BCUT2D eigenvalue weighted by Gasteiger charge is 2.17. The van der Waals surface area contributed by atoms with Gasteiger partial charge < -0.3 is 19.9 Å². The molecule has 0 atom stereocenters. The van der Waals surface area contributed by atoms with Crippen molar-refractivity contribution in [1.29, 1.82) is 0 Å². The molecule has 2 aromatic rings. The van der Waals surface area contributed by atoms with Gasteiger partial charge in [0, 0.05) is 38.9 Å². The smallest absolute Gasteiger partial charge is 0.252 e. The molecule has 0 saturated carbocycles. The molecular formula is C20H24N4O3. The fraction of sp³-hybridized carbons (Fsp3) is 0.350. The summed E-state index contributed by atoms with van der Waals surface area (Å²) in [5, 5.41) is 2.94. The predicted octanol–water partition coefficient (Wildman–Crippen LogP) is 1.34. The van der Waals surface area contributed by atoms with E-state index in [9.17, 15) is 9.59 Å². The topological polar surface area (TPSA) is 74.8 Å². The highest BCUT2D eigenvalue weighted by Crippen LogP contribution is 2.18. The van der Waals surface area contributed by atoms with E-state index in [0.717, 1.165) is 36.5 Å². The number of carbonyl (C=O) groups excluding carboxylic acids is 2. The maximum Gasteiger partial charge on any atom is 0.252 e. The van der Waals surface area contributed by atoms with Crippen LogP contribution in [0.4, 0.5) is 5.69 Å². The summed E-state index contributed by atoms with van der Waals surface area (Å²) in [5.74, 6) is 0.677. The summed E-state index contributed by atoms with van der Waals surface area (Å²) < 4.78 is 5.33. The van der Waals surface area contributed by atoms with Crippen LogP contribution in [-0.4, -0.2) is 62.0 Å². The second-order valence-electron chi connectivity index (χ2n) is 6.38. The van der Waals surface area contributed by atoms with Crippen LogP contribution in [0.1, 0.15) is 15.9 Å². The molecule has 1 saturated heterocycles. The standard InChI is InChI=1S/C20H24N4O3/c1-27-19-5-3-2-4-16(19)6-7-22-20(26)17-12-18(14-21-13-17)24-10-8-23(15-25)9-11-24/h2-5,12-15H,6-11H2,1H3,(H,22,26). The Bertz CT molecular complexity index is 788. The van der Waals surface area contributed by atoms with E-state index >= 15 is 0 Å². The number of methoxy groups -OCH3 is 1. The first-order valence-electron chi connectivity index (χ1n) is 9.00. The zero-order valence-corrected chi connectivity index (χ0v) is 15.4. The fourth-order valence-electron chi connectivity index (χ4n) is 3.13. The number of anilines is 1. The van der Waals surface area contributed by atoms with E-state index < -0.39 is 0 Å². The quantitative estimate of drug-likeness (QED) is 0.747. The van der Waals surface area contributed by atoms with Crippen LogP contribution in [0, 0.1) is 0 Å². The Balaban J connectivity index is 1.56. The summed E-state index contributed by atoms with van der Waals surface area (Å²) >= 11 is 0. The van der Waals surface area contributed by atoms with Crippen LogP contribution < -0.4 is 15.0 Å². The van der Waals surface area contributed by atoms with Crippen LogP contribution in [0.3, 0.4) is 0 Å². The molecular weight excluding hydrogens is 344 g/mol. The number of nitrogens with one attached hydrogen (secondary N) is 1. The fourth-order valence-corrected chi connectivity index (χ4v) is 3.13. The van der Waals surface area contributed by atoms with E-state index in [0.29, 0.717) is 31.6 Å².